The number of hydrogen-bond acceptors (Lipinski definition) is 5. The molecule has 110 valence electrons. The van der Waals surface area contributed by atoms with Crippen LogP contribution in [0.3, 0.4) is 0 Å². The van der Waals surface area contributed by atoms with Gasteiger partial charge in [-0.3, -0.25) is 4.68 Å². The minimum Gasteiger partial charge on any atom is -0.469 e. The number of aromatic nitrogens is 2. The van der Waals surface area contributed by atoms with Crippen molar-refractivity contribution < 1.29 is 17.9 Å². The first-order valence-corrected chi connectivity index (χ1v) is 7.67. The Kier molecular flexibility index (Phi) is 4.58. The van der Waals surface area contributed by atoms with Crippen molar-refractivity contribution in [3.05, 3.63) is 36.5 Å². The van der Waals surface area contributed by atoms with E-state index in [0.717, 1.165) is 5.76 Å². The fourth-order valence-electron chi connectivity index (χ4n) is 1.81. The highest BCUT2D eigenvalue weighted by Gasteiger charge is 2.20. The van der Waals surface area contributed by atoms with Gasteiger partial charge in [0, 0.05) is 18.7 Å². The average Bonchev–Trinajstić information content (AvgIpc) is 3.00. The van der Waals surface area contributed by atoms with Gasteiger partial charge < -0.3 is 9.52 Å². The van der Waals surface area contributed by atoms with E-state index < -0.39 is 10.0 Å². The summed E-state index contributed by atoms with van der Waals surface area (Å²) in [5, 5.41) is 12.7. The molecule has 0 radical (unpaired) electrons. The maximum absolute atomic E-state index is 12.1. The van der Waals surface area contributed by atoms with Gasteiger partial charge in [0.15, 0.2) is 0 Å². The molecule has 2 aromatic rings. The van der Waals surface area contributed by atoms with E-state index >= 15 is 0 Å². The number of nitrogens with zero attached hydrogens (tertiary/aromatic N) is 2. The van der Waals surface area contributed by atoms with Crippen LogP contribution in [0.4, 0.5) is 0 Å². The lowest BCUT2D eigenvalue weighted by Crippen LogP contribution is -2.33. The Balaban J connectivity index is 2.02. The summed E-state index contributed by atoms with van der Waals surface area (Å²) in [6.07, 6.45) is 4.67. The molecule has 0 amide bonds. The molecule has 2 heterocycles. The van der Waals surface area contributed by atoms with Crippen molar-refractivity contribution in [2.24, 2.45) is 0 Å². The first-order chi connectivity index (χ1) is 9.51. The summed E-state index contributed by atoms with van der Waals surface area (Å²) in [5.74, 6) is 0.719. The van der Waals surface area contributed by atoms with E-state index in [0.29, 0.717) is 6.42 Å². The predicted molar refractivity (Wildman–Crippen MR) is 71.5 cm³/mol. The lowest BCUT2D eigenvalue weighted by Gasteiger charge is -2.11. The second-order valence-corrected chi connectivity index (χ2v) is 6.18. The first kappa shape index (κ1) is 14.8. The van der Waals surface area contributed by atoms with E-state index in [9.17, 15) is 8.42 Å². The number of aliphatic hydroxyl groups excluding tert-OH is 1. The Morgan fingerprint density at radius 1 is 1.55 bits per heavy atom. The molecule has 2 rings (SSSR count). The molecule has 2 aromatic heterocycles. The molecule has 7 nitrogen and oxygen atoms in total. The number of nitrogens with one attached hydrogen (secondary N) is 1. The molecule has 0 aliphatic carbocycles. The molecule has 8 heteroatoms. The Bertz CT molecular complexity index is 633. The summed E-state index contributed by atoms with van der Waals surface area (Å²) < 4.78 is 33.4. The van der Waals surface area contributed by atoms with Crippen molar-refractivity contribution in [1.82, 2.24) is 14.5 Å². The smallest absolute Gasteiger partial charge is 0.243 e. The van der Waals surface area contributed by atoms with Crippen LogP contribution < -0.4 is 4.72 Å². The molecule has 0 aliphatic heterocycles. The number of sulfonamides is 1. The zero-order chi connectivity index (χ0) is 14.6. The lowest BCUT2D eigenvalue weighted by atomic mass is 10.2. The monoisotopic (exact) mass is 299 g/mol. The van der Waals surface area contributed by atoms with Gasteiger partial charge >= 0.3 is 0 Å². The van der Waals surface area contributed by atoms with Crippen molar-refractivity contribution >= 4 is 10.0 Å². The molecular weight excluding hydrogens is 282 g/mol. The van der Waals surface area contributed by atoms with Crippen LogP contribution in [0.2, 0.25) is 0 Å². The van der Waals surface area contributed by atoms with E-state index in [1.165, 1.54) is 17.1 Å². The minimum atomic E-state index is -3.62. The highest BCUT2D eigenvalue weighted by Crippen LogP contribution is 2.10. The van der Waals surface area contributed by atoms with Gasteiger partial charge in [-0.2, -0.15) is 5.10 Å². The second kappa shape index (κ2) is 6.21. The van der Waals surface area contributed by atoms with Crippen molar-refractivity contribution in [1.29, 1.82) is 0 Å². The third kappa shape index (κ3) is 3.69. The number of aliphatic hydroxyl groups is 1. The van der Waals surface area contributed by atoms with Crippen molar-refractivity contribution in [2.45, 2.75) is 30.8 Å². The van der Waals surface area contributed by atoms with Crippen LogP contribution in [0, 0.1) is 0 Å². The molecule has 0 spiro atoms. The third-order valence-electron chi connectivity index (χ3n) is 2.69. The third-order valence-corrected chi connectivity index (χ3v) is 4.24. The lowest BCUT2D eigenvalue weighted by molar-refractivity contribution is 0.269. The van der Waals surface area contributed by atoms with E-state index in [4.69, 9.17) is 9.52 Å². The van der Waals surface area contributed by atoms with Gasteiger partial charge in [-0.25, -0.2) is 13.1 Å². The maximum atomic E-state index is 12.1. The van der Waals surface area contributed by atoms with Gasteiger partial charge in [0.2, 0.25) is 10.0 Å². The van der Waals surface area contributed by atoms with Gasteiger partial charge in [0.1, 0.15) is 10.7 Å². The van der Waals surface area contributed by atoms with Gasteiger partial charge in [0.05, 0.1) is 25.6 Å². The number of rotatable bonds is 7. The largest absolute Gasteiger partial charge is 0.469 e. The molecule has 2 N–H and O–H groups in total. The molecule has 20 heavy (non-hydrogen) atoms. The molecule has 1 atom stereocenters. The average molecular weight is 299 g/mol. The van der Waals surface area contributed by atoms with Gasteiger partial charge in [-0.15, -0.1) is 0 Å². The second-order valence-electron chi connectivity index (χ2n) is 4.47. The normalized spacial score (nSPS) is 13.5. The van der Waals surface area contributed by atoms with Gasteiger partial charge in [0.25, 0.3) is 0 Å². The molecule has 0 aromatic carbocycles. The van der Waals surface area contributed by atoms with Crippen LogP contribution in [-0.4, -0.2) is 36.0 Å². The molecule has 0 saturated heterocycles. The van der Waals surface area contributed by atoms with Crippen LogP contribution >= 0.6 is 0 Å². The summed E-state index contributed by atoms with van der Waals surface area (Å²) in [6, 6.07) is 3.26. The number of hydrogen-bond donors (Lipinski definition) is 2. The topological polar surface area (TPSA) is 97.4 Å². The Morgan fingerprint density at radius 3 is 3.00 bits per heavy atom. The first-order valence-electron chi connectivity index (χ1n) is 6.19. The molecule has 0 aliphatic rings. The van der Waals surface area contributed by atoms with Gasteiger partial charge in [-0.05, 0) is 19.1 Å². The quantitative estimate of drug-likeness (QED) is 0.770. The van der Waals surface area contributed by atoms with Crippen LogP contribution in [-0.2, 0) is 23.0 Å². The minimum absolute atomic E-state index is 0.0808. The zero-order valence-electron chi connectivity index (χ0n) is 11.1. The van der Waals surface area contributed by atoms with Crippen molar-refractivity contribution in [3.63, 3.8) is 0 Å². The van der Waals surface area contributed by atoms with Gasteiger partial charge in [-0.1, -0.05) is 0 Å². The van der Waals surface area contributed by atoms with Crippen LogP contribution in [0.5, 0.6) is 0 Å². The van der Waals surface area contributed by atoms with E-state index in [1.54, 1.807) is 25.3 Å². The fraction of sp³-hybridized carbons (Fsp3) is 0.417. The summed E-state index contributed by atoms with van der Waals surface area (Å²) in [6.45, 7) is 1.93. The molecule has 0 fully saturated rings. The van der Waals surface area contributed by atoms with E-state index in [1.807, 2.05) is 0 Å². The molecular formula is C12H17N3O4S. The van der Waals surface area contributed by atoms with E-state index in [-0.39, 0.29) is 24.1 Å². The van der Waals surface area contributed by atoms with E-state index in [2.05, 4.69) is 9.82 Å². The summed E-state index contributed by atoms with van der Waals surface area (Å²) in [5.41, 5.74) is 0. The number of furan rings is 1. The standard InChI is InChI=1S/C12H17N3O4S/c1-10(7-11-3-2-6-19-11)14-20(17,18)12-8-13-15(9-12)4-5-16/h2-3,6,8-10,14,16H,4-5,7H2,1H3. The highest BCUT2D eigenvalue weighted by atomic mass is 32.2. The SMILES string of the molecule is CC(Cc1ccco1)NS(=O)(=O)c1cnn(CCO)c1. The van der Waals surface area contributed by atoms with Crippen molar-refractivity contribution in [2.75, 3.05) is 6.61 Å². The Hall–Kier alpha value is -1.64. The molecule has 0 bridgehead atoms. The fourth-order valence-corrected chi connectivity index (χ4v) is 3.01. The van der Waals surface area contributed by atoms with Crippen LogP contribution in [0.15, 0.2) is 40.1 Å². The zero-order valence-corrected chi connectivity index (χ0v) is 11.9. The highest BCUT2D eigenvalue weighted by molar-refractivity contribution is 7.89. The molecule has 0 saturated carbocycles. The predicted octanol–water partition coefficient (Wildman–Crippen LogP) is 0.378. The summed E-state index contributed by atoms with van der Waals surface area (Å²) in [7, 11) is -3.62. The van der Waals surface area contributed by atoms with Crippen LogP contribution in [0.25, 0.3) is 0 Å². The maximum Gasteiger partial charge on any atom is 0.243 e. The summed E-state index contributed by atoms with van der Waals surface area (Å²) in [4.78, 5) is 0.0808. The van der Waals surface area contributed by atoms with Crippen LogP contribution in [0.1, 0.15) is 12.7 Å². The Morgan fingerprint density at radius 2 is 2.35 bits per heavy atom. The summed E-state index contributed by atoms with van der Waals surface area (Å²) >= 11 is 0. The van der Waals surface area contributed by atoms with Crippen molar-refractivity contribution in [3.8, 4) is 0 Å². The molecule has 1 unspecified atom stereocenters. The Labute approximate surface area is 117 Å².